The van der Waals surface area contributed by atoms with Crippen LogP contribution in [-0.4, -0.2) is 28.6 Å². The third kappa shape index (κ3) is 2.96. The number of aliphatic hydroxyl groups is 1. The molecular weight excluding hydrogens is 240 g/mol. The van der Waals surface area contributed by atoms with Gasteiger partial charge in [-0.1, -0.05) is 6.07 Å². The van der Waals surface area contributed by atoms with E-state index in [9.17, 15) is 5.11 Å². The average molecular weight is 260 g/mol. The molecule has 0 aliphatic rings. The van der Waals surface area contributed by atoms with Crippen molar-refractivity contribution in [1.82, 2.24) is 9.78 Å². The highest BCUT2D eigenvalue weighted by molar-refractivity contribution is 5.67. The van der Waals surface area contributed by atoms with E-state index < -0.39 is 0 Å². The van der Waals surface area contributed by atoms with Gasteiger partial charge in [-0.15, -0.1) is 0 Å². The molecule has 0 unspecified atom stereocenters. The van der Waals surface area contributed by atoms with Gasteiger partial charge in [-0.3, -0.25) is 4.68 Å². The molecule has 0 radical (unpaired) electrons. The number of hydrogen-bond donors (Lipinski definition) is 1. The summed E-state index contributed by atoms with van der Waals surface area (Å²) in [7, 11) is 1.65. The van der Waals surface area contributed by atoms with Gasteiger partial charge in [-0.05, 0) is 43.5 Å². The smallest absolute Gasteiger partial charge is 0.119 e. The van der Waals surface area contributed by atoms with Crippen LogP contribution in [0.1, 0.15) is 25.5 Å². The summed E-state index contributed by atoms with van der Waals surface area (Å²) in [5.41, 5.74) is 3.24. The van der Waals surface area contributed by atoms with Crippen LogP contribution in [0.4, 0.5) is 0 Å². The lowest BCUT2D eigenvalue weighted by molar-refractivity contribution is 0.299. The largest absolute Gasteiger partial charge is 0.497 e. The Hall–Kier alpha value is -1.81. The molecule has 0 aliphatic carbocycles. The average Bonchev–Trinajstić information content (AvgIpc) is 2.88. The predicted octanol–water partition coefficient (Wildman–Crippen LogP) is 2.67. The third-order valence-electron chi connectivity index (χ3n) is 3.14. The molecule has 1 aromatic carbocycles. The second kappa shape index (κ2) is 5.89. The van der Waals surface area contributed by atoms with Gasteiger partial charge < -0.3 is 9.84 Å². The van der Waals surface area contributed by atoms with Crippen LogP contribution in [0.5, 0.6) is 5.75 Å². The molecule has 0 aliphatic heterocycles. The fourth-order valence-electron chi connectivity index (χ4n) is 2.07. The van der Waals surface area contributed by atoms with Crippen molar-refractivity contribution in [2.75, 3.05) is 13.7 Å². The van der Waals surface area contributed by atoms with Crippen LogP contribution in [0, 0.1) is 0 Å². The van der Waals surface area contributed by atoms with E-state index in [0.29, 0.717) is 12.5 Å². The minimum absolute atomic E-state index is 0.123. The maximum atomic E-state index is 9.19. The zero-order valence-corrected chi connectivity index (χ0v) is 11.6. The zero-order chi connectivity index (χ0) is 13.8. The minimum atomic E-state index is 0.123. The molecular formula is C15H20N2O2. The van der Waals surface area contributed by atoms with Gasteiger partial charge in [0.1, 0.15) is 5.75 Å². The molecule has 4 nitrogen and oxygen atoms in total. The Kier molecular flexibility index (Phi) is 4.22. The van der Waals surface area contributed by atoms with Crippen molar-refractivity contribution in [3.8, 4) is 16.9 Å². The number of hydrogen-bond acceptors (Lipinski definition) is 3. The first-order chi connectivity index (χ1) is 9.15. The summed E-state index contributed by atoms with van der Waals surface area (Å²) < 4.78 is 7.17. The second-order valence-electron chi connectivity index (χ2n) is 4.80. The molecule has 0 amide bonds. The van der Waals surface area contributed by atoms with Crippen molar-refractivity contribution in [1.29, 1.82) is 0 Å². The van der Waals surface area contributed by atoms with Gasteiger partial charge in [0.2, 0.25) is 0 Å². The van der Waals surface area contributed by atoms with Crippen LogP contribution in [0.2, 0.25) is 0 Å². The summed E-state index contributed by atoms with van der Waals surface area (Å²) in [6, 6.07) is 6.26. The van der Waals surface area contributed by atoms with Gasteiger partial charge in [-0.25, -0.2) is 0 Å². The molecule has 102 valence electrons. The highest BCUT2D eigenvalue weighted by Crippen LogP contribution is 2.28. The standard InChI is InChI=1S/C15H20N2O2/c1-11(2)17-10-13(9-16-17)15-5-4-14(19-3)8-12(15)6-7-18/h4-5,8-11,18H,6-7H2,1-3H3. The Balaban J connectivity index is 2.41. The van der Waals surface area contributed by atoms with E-state index in [1.54, 1.807) is 7.11 Å². The number of aromatic nitrogens is 2. The molecule has 0 fully saturated rings. The van der Waals surface area contributed by atoms with Crippen LogP contribution in [0.25, 0.3) is 11.1 Å². The highest BCUT2D eigenvalue weighted by Gasteiger charge is 2.09. The van der Waals surface area contributed by atoms with Gasteiger partial charge in [0, 0.05) is 24.4 Å². The Morgan fingerprint density at radius 2 is 2.16 bits per heavy atom. The second-order valence-corrected chi connectivity index (χ2v) is 4.80. The first-order valence-electron chi connectivity index (χ1n) is 6.48. The van der Waals surface area contributed by atoms with Crippen LogP contribution >= 0.6 is 0 Å². The molecule has 0 saturated carbocycles. The molecule has 4 heteroatoms. The van der Waals surface area contributed by atoms with Crippen LogP contribution < -0.4 is 4.74 Å². The van der Waals surface area contributed by atoms with Gasteiger partial charge in [0.25, 0.3) is 0 Å². The van der Waals surface area contributed by atoms with Crippen LogP contribution in [0.15, 0.2) is 30.6 Å². The first-order valence-corrected chi connectivity index (χ1v) is 6.48. The number of benzene rings is 1. The Morgan fingerprint density at radius 3 is 2.74 bits per heavy atom. The third-order valence-corrected chi connectivity index (χ3v) is 3.14. The van der Waals surface area contributed by atoms with E-state index in [2.05, 4.69) is 18.9 Å². The summed E-state index contributed by atoms with van der Waals surface area (Å²) in [6.07, 6.45) is 4.51. The van der Waals surface area contributed by atoms with Gasteiger partial charge in [-0.2, -0.15) is 5.10 Å². The summed E-state index contributed by atoms with van der Waals surface area (Å²) in [6.45, 7) is 4.32. The summed E-state index contributed by atoms with van der Waals surface area (Å²) in [5, 5.41) is 13.5. The fraction of sp³-hybridized carbons (Fsp3) is 0.400. The van der Waals surface area contributed by atoms with Gasteiger partial charge >= 0.3 is 0 Å². The van der Waals surface area contributed by atoms with Gasteiger partial charge in [0.05, 0.1) is 13.3 Å². The van der Waals surface area contributed by atoms with E-state index in [0.717, 1.165) is 22.4 Å². The SMILES string of the molecule is COc1ccc(-c2cnn(C(C)C)c2)c(CCO)c1. The number of aliphatic hydroxyl groups excluding tert-OH is 1. The highest BCUT2D eigenvalue weighted by atomic mass is 16.5. The zero-order valence-electron chi connectivity index (χ0n) is 11.6. The van der Waals surface area contributed by atoms with E-state index in [1.807, 2.05) is 35.3 Å². The van der Waals surface area contributed by atoms with Crippen molar-refractivity contribution in [3.05, 3.63) is 36.2 Å². The van der Waals surface area contributed by atoms with Crippen LogP contribution in [-0.2, 0) is 6.42 Å². The van der Waals surface area contributed by atoms with E-state index in [4.69, 9.17) is 4.74 Å². The lowest BCUT2D eigenvalue weighted by atomic mass is 10.00. The minimum Gasteiger partial charge on any atom is -0.497 e. The van der Waals surface area contributed by atoms with E-state index >= 15 is 0 Å². The Labute approximate surface area is 113 Å². The fourth-order valence-corrected chi connectivity index (χ4v) is 2.07. The summed E-state index contributed by atoms with van der Waals surface area (Å²) in [4.78, 5) is 0. The summed E-state index contributed by atoms with van der Waals surface area (Å²) in [5.74, 6) is 0.809. The maximum Gasteiger partial charge on any atom is 0.119 e. The van der Waals surface area contributed by atoms with Crippen molar-refractivity contribution in [2.24, 2.45) is 0 Å². The van der Waals surface area contributed by atoms with Crippen molar-refractivity contribution >= 4 is 0 Å². The van der Waals surface area contributed by atoms with Crippen molar-refractivity contribution in [2.45, 2.75) is 26.3 Å². The monoisotopic (exact) mass is 260 g/mol. The molecule has 0 spiro atoms. The topological polar surface area (TPSA) is 47.3 Å². The molecule has 2 aromatic rings. The quantitative estimate of drug-likeness (QED) is 0.899. The number of nitrogens with zero attached hydrogens (tertiary/aromatic N) is 2. The van der Waals surface area contributed by atoms with E-state index in [-0.39, 0.29) is 6.61 Å². The lowest BCUT2D eigenvalue weighted by Gasteiger charge is -2.09. The molecule has 1 heterocycles. The molecule has 0 atom stereocenters. The molecule has 0 saturated heterocycles. The maximum absolute atomic E-state index is 9.19. The van der Waals surface area contributed by atoms with Crippen LogP contribution in [0.3, 0.4) is 0 Å². The Morgan fingerprint density at radius 1 is 1.37 bits per heavy atom. The predicted molar refractivity (Wildman–Crippen MR) is 75.4 cm³/mol. The molecule has 19 heavy (non-hydrogen) atoms. The normalized spacial score (nSPS) is 11.0. The number of methoxy groups -OCH3 is 1. The summed E-state index contributed by atoms with van der Waals surface area (Å²) >= 11 is 0. The van der Waals surface area contributed by atoms with Gasteiger partial charge in [0.15, 0.2) is 0 Å². The Bertz CT molecular complexity index is 547. The molecule has 2 rings (SSSR count). The first kappa shape index (κ1) is 13.6. The van der Waals surface area contributed by atoms with Crippen molar-refractivity contribution in [3.63, 3.8) is 0 Å². The van der Waals surface area contributed by atoms with Crippen molar-refractivity contribution < 1.29 is 9.84 Å². The molecule has 0 bridgehead atoms. The lowest BCUT2D eigenvalue weighted by Crippen LogP contribution is -2.00. The molecule has 1 aromatic heterocycles. The molecule has 1 N–H and O–H groups in total. The number of ether oxygens (including phenoxy) is 1. The number of rotatable bonds is 5. The van der Waals surface area contributed by atoms with E-state index in [1.165, 1.54) is 0 Å².